The molecule has 26 heavy (non-hydrogen) atoms. The minimum Gasteiger partial charge on any atom is -0.338 e. The highest BCUT2D eigenvalue weighted by Crippen LogP contribution is 2.19. The van der Waals surface area contributed by atoms with Gasteiger partial charge in [-0.2, -0.15) is 5.10 Å². The molecule has 3 N–H and O–H groups in total. The molecular weight excluding hydrogens is 330 g/mol. The van der Waals surface area contributed by atoms with Crippen LogP contribution in [0, 0.1) is 6.92 Å². The highest BCUT2D eigenvalue weighted by Gasteiger charge is 2.07. The van der Waals surface area contributed by atoms with Gasteiger partial charge in [-0.25, -0.2) is 14.8 Å². The number of carbonyl (C=O) groups excluding carboxylic acids is 1. The molecule has 0 spiro atoms. The summed E-state index contributed by atoms with van der Waals surface area (Å²) in [5.41, 5.74) is 1.55. The lowest BCUT2D eigenvalue weighted by atomic mass is 10.2. The van der Waals surface area contributed by atoms with Gasteiger partial charge in [0.05, 0.1) is 0 Å². The molecule has 0 radical (unpaired) electrons. The first-order valence-corrected chi connectivity index (χ1v) is 8.70. The standard InChI is InChI=1S/C18H23N7O/c1-3-16-19-9-11-25(16)10-5-8-20-18(26)22-15-7-4-6-14(12-15)17-21-13(2)23-24-17/h4,6-7,9,11-12H,3,5,8,10H2,1-2H3,(H2,20,22,26)(H,21,23,24). The normalized spacial score (nSPS) is 10.7. The Morgan fingerprint density at radius 1 is 1.35 bits per heavy atom. The second-order valence-corrected chi connectivity index (χ2v) is 5.95. The lowest BCUT2D eigenvalue weighted by Gasteiger charge is -2.09. The van der Waals surface area contributed by atoms with Crippen molar-refractivity contribution in [2.45, 2.75) is 33.2 Å². The van der Waals surface area contributed by atoms with Crippen molar-refractivity contribution in [2.24, 2.45) is 0 Å². The van der Waals surface area contributed by atoms with Crippen molar-refractivity contribution in [3.63, 3.8) is 0 Å². The van der Waals surface area contributed by atoms with Crippen molar-refractivity contribution in [1.82, 2.24) is 30.0 Å². The third-order valence-electron chi connectivity index (χ3n) is 3.96. The second kappa shape index (κ2) is 8.28. The third kappa shape index (κ3) is 4.47. The predicted molar refractivity (Wildman–Crippen MR) is 99.8 cm³/mol. The zero-order valence-electron chi connectivity index (χ0n) is 15.0. The average molecular weight is 353 g/mol. The lowest BCUT2D eigenvalue weighted by Crippen LogP contribution is -2.30. The van der Waals surface area contributed by atoms with Gasteiger partial charge in [0.1, 0.15) is 11.6 Å². The van der Waals surface area contributed by atoms with E-state index in [2.05, 4.69) is 42.3 Å². The molecule has 2 aromatic heterocycles. The van der Waals surface area contributed by atoms with Gasteiger partial charge in [-0.05, 0) is 25.5 Å². The summed E-state index contributed by atoms with van der Waals surface area (Å²) in [5.74, 6) is 2.42. The van der Waals surface area contributed by atoms with Crippen molar-refractivity contribution < 1.29 is 4.79 Å². The summed E-state index contributed by atoms with van der Waals surface area (Å²) in [4.78, 5) is 20.7. The quantitative estimate of drug-likeness (QED) is 0.569. The molecule has 0 atom stereocenters. The first-order chi connectivity index (χ1) is 12.7. The molecule has 8 heteroatoms. The van der Waals surface area contributed by atoms with E-state index in [1.54, 1.807) is 0 Å². The Hall–Kier alpha value is -3.16. The van der Waals surface area contributed by atoms with Gasteiger partial charge in [0.25, 0.3) is 0 Å². The number of nitrogens with one attached hydrogen (secondary N) is 3. The summed E-state index contributed by atoms with van der Waals surface area (Å²) < 4.78 is 2.11. The van der Waals surface area contributed by atoms with Crippen LogP contribution < -0.4 is 10.6 Å². The van der Waals surface area contributed by atoms with Gasteiger partial charge in [0, 0.05) is 43.2 Å². The van der Waals surface area contributed by atoms with Crippen molar-refractivity contribution >= 4 is 11.7 Å². The van der Waals surface area contributed by atoms with Crippen molar-refractivity contribution in [1.29, 1.82) is 0 Å². The van der Waals surface area contributed by atoms with Crippen LogP contribution in [0.5, 0.6) is 0 Å². The van der Waals surface area contributed by atoms with Crippen LogP contribution in [-0.2, 0) is 13.0 Å². The molecule has 0 aliphatic heterocycles. The highest BCUT2D eigenvalue weighted by atomic mass is 16.2. The molecule has 0 aliphatic carbocycles. The Bertz CT molecular complexity index is 868. The van der Waals surface area contributed by atoms with Gasteiger partial charge in [0.2, 0.25) is 0 Å². The van der Waals surface area contributed by atoms with E-state index in [1.807, 2.05) is 43.6 Å². The summed E-state index contributed by atoms with van der Waals surface area (Å²) in [7, 11) is 0. The largest absolute Gasteiger partial charge is 0.338 e. The molecule has 3 rings (SSSR count). The maximum atomic E-state index is 12.1. The molecule has 136 valence electrons. The average Bonchev–Trinajstić information content (AvgIpc) is 3.27. The number of H-pyrrole nitrogens is 1. The van der Waals surface area contributed by atoms with Gasteiger partial charge in [-0.1, -0.05) is 19.1 Å². The molecule has 2 amide bonds. The number of carbonyl (C=O) groups is 1. The highest BCUT2D eigenvalue weighted by molar-refractivity contribution is 5.89. The van der Waals surface area contributed by atoms with E-state index in [0.717, 1.165) is 36.6 Å². The monoisotopic (exact) mass is 353 g/mol. The van der Waals surface area contributed by atoms with Crippen LogP contribution in [0.25, 0.3) is 11.4 Å². The Kier molecular flexibility index (Phi) is 5.62. The summed E-state index contributed by atoms with van der Waals surface area (Å²) in [6, 6.07) is 7.22. The van der Waals surface area contributed by atoms with Crippen molar-refractivity contribution in [2.75, 3.05) is 11.9 Å². The maximum Gasteiger partial charge on any atom is 0.319 e. The summed E-state index contributed by atoms with van der Waals surface area (Å²) in [6.07, 6.45) is 5.52. The first-order valence-electron chi connectivity index (χ1n) is 8.70. The fourth-order valence-electron chi connectivity index (χ4n) is 2.69. The minimum atomic E-state index is -0.227. The number of anilines is 1. The Morgan fingerprint density at radius 2 is 2.23 bits per heavy atom. The number of hydrogen-bond acceptors (Lipinski definition) is 4. The van der Waals surface area contributed by atoms with Crippen LogP contribution in [0.15, 0.2) is 36.7 Å². The van der Waals surface area contributed by atoms with Crippen LogP contribution in [0.2, 0.25) is 0 Å². The van der Waals surface area contributed by atoms with E-state index < -0.39 is 0 Å². The van der Waals surface area contributed by atoms with Crippen LogP contribution in [0.1, 0.15) is 25.0 Å². The van der Waals surface area contributed by atoms with E-state index in [0.29, 0.717) is 18.1 Å². The summed E-state index contributed by atoms with van der Waals surface area (Å²) in [5, 5.41) is 12.7. The number of aromatic amines is 1. The van der Waals surface area contributed by atoms with Crippen LogP contribution in [0.3, 0.4) is 0 Å². The number of amides is 2. The Labute approximate surface area is 152 Å². The van der Waals surface area contributed by atoms with E-state index >= 15 is 0 Å². The molecule has 0 unspecified atom stereocenters. The van der Waals surface area contributed by atoms with Gasteiger partial charge in [-0.3, -0.25) is 5.10 Å². The number of rotatable bonds is 7. The fourth-order valence-corrected chi connectivity index (χ4v) is 2.69. The second-order valence-electron chi connectivity index (χ2n) is 5.95. The number of aryl methyl sites for hydroxylation is 3. The summed E-state index contributed by atoms with van der Waals surface area (Å²) in [6.45, 7) is 5.36. The van der Waals surface area contributed by atoms with Gasteiger partial charge in [-0.15, -0.1) is 0 Å². The van der Waals surface area contributed by atoms with Crippen LogP contribution in [0.4, 0.5) is 10.5 Å². The number of urea groups is 1. The van der Waals surface area contributed by atoms with E-state index in [-0.39, 0.29) is 6.03 Å². The van der Waals surface area contributed by atoms with Gasteiger partial charge in [0.15, 0.2) is 5.82 Å². The van der Waals surface area contributed by atoms with E-state index in [1.165, 1.54) is 0 Å². The van der Waals surface area contributed by atoms with Crippen molar-refractivity contribution in [3.05, 3.63) is 48.3 Å². The minimum absolute atomic E-state index is 0.227. The molecule has 2 heterocycles. The number of imidazole rings is 1. The number of aromatic nitrogens is 5. The van der Waals surface area contributed by atoms with Crippen molar-refractivity contribution in [3.8, 4) is 11.4 Å². The smallest absolute Gasteiger partial charge is 0.319 e. The van der Waals surface area contributed by atoms with E-state index in [9.17, 15) is 4.79 Å². The number of benzene rings is 1. The fraction of sp³-hybridized carbons (Fsp3) is 0.333. The van der Waals surface area contributed by atoms with Crippen LogP contribution >= 0.6 is 0 Å². The predicted octanol–water partition coefficient (Wildman–Crippen LogP) is 2.75. The zero-order valence-corrected chi connectivity index (χ0v) is 15.0. The van der Waals surface area contributed by atoms with Gasteiger partial charge < -0.3 is 15.2 Å². The lowest BCUT2D eigenvalue weighted by molar-refractivity contribution is 0.252. The molecule has 1 aromatic carbocycles. The SMILES string of the molecule is CCc1nccn1CCCNC(=O)Nc1cccc(-c2n[nH]c(C)n2)c1. The summed E-state index contributed by atoms with van der Waals surface area (Å²) >= 11 is 0. The Morgan fingerprint density at radius 3 is 3.00 bits per heavy atom. The number of nitrogens with zero attached hydrogens (tertiary/aromatic N) is 4. The topological polar surface area (TPSA) is 101 Å². The van der Waals surface area contributed by atoms with E-state index in [4.69, 9.17) is 0 Å². The molecule has 8 nitrogen and oxygen atoms in total. The van der Waals surface area contributed by atoms with Gasteiger partial charge >= 0.3 is 6.03 Å². The first kappa shape index (κ1) is 17.7. The number of hydrogen-bond donors (Lipinski definition) is 3. The molecule has 0 saturated carbocycles. The Balaban J connectivity index is 1.47. The zero-order chi connectivity index (χ0) is 18.4. The molecule has 0 saturated heterocycles. The van der Waals surface area contributed by atoms with Crippen LogP contribution in [-0.4, -0.2) is 37.3 Å². The molecule has 0 aliphatic rings. The molecular formula is C18H23N7O. The molecule has 3 aromatic rings. The molecule has 0 bridgehead atoms. The molecule has 0 fully saturated rings. The third-order valence-corrected chi connectivity index (χ3v) is 3.96. The maximum absolute atomic E-state index is 12.1.